The first-order valence-electron chi connectivity index (χ1n) is 8.71. The van der Waals surface area contributed by atoms with E-state index in [1.165, 1.54) is 13.2 Å². The molecule has 1 aromatic heterocycles. The zero-order chi connectivity index (χ0) is 21.6. The summed E-state index contributed by atoms with van der Waals surface area (Å²) in [5.74, 6) is 0.0235. The molecule has 29 heavy (non-hydrogen) atoms. The molecule has 6 N–H and O–H groups in total. The molecule has 0 fully saturated rings. The minimum atomic E-state index is -0.449. The Bertz CT molecular complexity index is 945. The van der Waals surface area contributed by atoms with Crippen LogP contribution in [0.2, 0.25) is 0 Å². The fourth-order valence-corrected chi connectivity index (χ4v) is 3.19. The van der Waals surface area contributed by atoms with Gasteiger partial charge < -0.3 is 15.8 Å². The van der Waals surface area contributed by atoms with Crippen molar-refractivity contribution in [3.8, 4) is 0 Å². The number of nitrogens with zero attached hydrogens (tertiary/aromatic N) is 1. The smallest absolute Gasteiger partial charge is 0.320 e. The molecule has 0 aliphatic rings. The number of amides is 2. The van der Waals surface area contributed by atoms with E-state index < -0.39 is 6.03 Å². The van der Waals surface area contributed by atoms with Gasteiger partial charge >= 0.3 is 6.03 Å². The van der Waals surface area contributed by atoms with E-state index in [0.29, 0.717) is 9.95 Å². The lowest BCUT2D eigenvalue weighted by molar-refractivity contribution is 0.249. The number of aromatic nitrogens is 1. The Morgan fingerprint density at radius 2 is 1.97 bits per heavy atom. The van der Waals surface area contributed by atoms with Gasteiger partial charge in [-0.1, -0.05) is 48.7 Å². The van der Waals surface area contributed by atoms with Crippen molar-refractivity contribution in [3.05, 3.63) is 59.8 Å². The maximum Gasteiger partial charge on any atom is 0.320 e. The number of hydrogen-bond donors (Lipinski definition) is 5. The highest BCUT2D eigenvalue weighted by atomic mass is 32.2. The van der Waals surface area contributed by atoms with Crippen molar-refractivity contribution in [3.63, 3.8) is 0 Å². The molecule has 1 heterocycles. The summed E-state index contributed by atoms with van der Waals surface area (Å²) < 4.78 is 5.00. The Kier molecular flexibility index (Phi) is 7.38. The van der Waals surface area contributed by atoms with Gasteiger partial charge in [0.25, 0.3) is 0 Å². The van der Waals surface area contributed by atoms with Crippen LogP contribution in [0.5, 0.6) is 0 Å². The number of urea groups is 1. The van der Waals surface area contributed by atoms with E-state index in [1.807, 2.05) is 37.3 Å². The summed E-state index contributed by atoms with van der Waals surface area (Å²) in [4.78, 5) is 17.2. The fraction of sp³-hybridized carbons (Fsp3) is 0.200. The fourth-order valence-electron chi connectivity index (χ4n) is 2.58. The van der Waals surface area contributed by atoms with Crippen LogP contribution in [0.15, 0.2) is 43.0 Å². The average molecular weight is 413 g/mol. The van der Waals surface area contributed by atoms with Crippen molar-refractivity contribution < 1.29 is 9.53 Å². The third kappa shape index (κ3) is 5.82. The average Bonchev–Trinajstić information content (AvgIpc) is 2.67. The number of hydrogen-bond acceptors (Lipinski definition) is 7. The number of ether oxygens (including phenoxy) is 1. The molecular formula is C20H24N6O2S. The molecular weight excluding hydrogens is 388 g/mol. The molecule has 0 saturated heterocycles. The second-order valence-electron chi connectivity index (χ2n) is 6.17. The second-order valence-corrected chi connectivity index (χ2v) is 7.48. The van der Waals surface area contributed by atoms with Gasteiger partial charge in [0.15, 0.2) is 0 Å². The van der Waals surface area contributed by atoms with Gasteiger partial charge in [0.05, 0.1) is 35.1 Å². The molecule has 0 radical (unpaired) electrons. The monoisotopic (exact) mass is 412 g/mol. The summed E-state index contributed by atoms with van der Waals surface area (Å²) in [7, 11) is 1.36. The van der Waals surface area contributed by atoms with E-state index in [4.69, 9.17) is 21.3 Å². The van der Waals surface area contributed by atoms with Gasteiger partial charge in [-0.2, -0.15) is 0 Å². The van der Waals surface area contributed by atoms with Crippen LogP contribution in [0.4, 0.5) is 16.3 Å². The molecule has 0 spiro atoms. The first-order chi connectivity index (χ1) is 13.7. The largest absolute Gasteiger partial charge is 0.481 e. The summed E-state index contributed by atoms with van der Waals surface area (Å²) in [6, 6.07) is 10.3. The number of nitrogens with two attached hydrogens (primary N) is 1. The zero-order valence-corrected chi connectivity index (χ0v) is 17.3. The third-order valence-corrected chi connectivity index (χ3v) is 4.66. The third-order valence-electron chi connectivity index (χ3n) is 3.91. The molecule has 2 rings (SSSR count). The summed E-state index contributed by atoms with van der Waals surface area (Å²) in [5.41, 5.74) is 7.81. The number of benzene rings is 1. The van der Waals surface area contributed by atoms with E-state index >= 15 is 0 Å². The SMILES string of the molecule is C=C(SC(C)=N)c1nc(NC(=O)NC(C)c2ccccc2)cc(N)c1C(=N)OC. The molecule has 8 nitrogen and oxygen atoms in total. The summed E-state index contributed by atoms with van der Waals surface area (Å²) in [6.45, 7) is 7.40. The highest BCUT2D eigenvalue weighted by Crippen LogP contribution is 2.32. The van der Waals surface area contributed by atoms with Gasteiger partial charge in [-0.05, 0) is 19.4 Å². The number of pyridine rings is 1. The molecule has 1 unspecified atom stereocenters. The highest BCUT2D eigenvalue weighted by Gasteiger charge is 2.20. The Balaban J connectivity index is 2.27. The number of carbonyl (C=O) groups is 1. The Hall–Kier alpha value is -3.33. The van der Waals surface area contributed by atoms with Crippen LogP contribution in [-0.4, -0.2) is 29.1 Å². The molecule has 1 atom stereocenters. The van der Waals surface area contributed by atoms with Gasteiger partial charge in [0.1, 0.15) is 5.82 Å². The minimum Gasteiger partial charge on any atom is -0.481 e. The van der Waals surface area contributed by atoms with Crippen LogP contribution in [-0.2, 0) is 4.74 Å². The van der Waals surface area contributed by atoms with E-state index in [0.717, 1.165) is 17.3 Å². The van der Waals surface area contributed by atoms with E-state index in [-0.39, 0.29) is 34.7 Å². The summed E-state index contributed by atoms with van der Waals surface area (Å²) in [6.07, 6.45) is 0. The van der Waals surface area contributed by atoms with E-state index in [2.05, 4.69) is 22.2 Å². The van der Waals surface area contributed by atoms with E-state index in [1.54, 1.807) is 6.92 Å². The Morgan fingerprint density at radius 1 is 1.31 bits per heavy atom. The first kappa shape index (κ1) is 22.0. The number of carbonyl (C=O) groups excluding carboxylic acids is 1. The standard InChI is InChI=1S/C20H24N6O2S/c1-11(14-8-6-5-7-9-14)24-20(27)26-16-10-15(22)17(19(23)28-4)18(25-16)12(2)29-13(3)21/h5-11,21,23H,2H2,1,3-4H3,(H4,22,24,25,26,27). The quantitative estimate of drug-likeness (QED) is 0.357. The van der Waals surface area contributed by atoms with Crippen molar-refractivity contribution in [2.45, 2.75) is 19.9 Å². The van der Waals surface area contributed by atoms with Crippen molar-refractivity contribution in [2.75, 3.05) is 18.2 Å². The first-order valence-corrected chi connectivity index (χ1v) is 9.52. The highest BCUT2D eigenvalue weighted by molar-refractivity contribution is 8.21. The minimum absolute atomic E-state index is 0.178. The number of methoxy groups -OCH3 is 1. The number of nitrogen functional groups attached to an aromatic ring is 1. The molecule has 2 aromatic rings. The predicted octanol–water partition coefficient (Wildman–Crippen LogP) is 4.22. The van der Waals surface area contributed by atoms with Crippen molar-refractivity contribution in [1.29, 1.82) is 10.8 Å². The maximum atomic E-state index is 12.4. The molecule has 9 heteroatoms. The molecule has 1 aromatic carbocycles. The lowest BCUT2D eigenvalue weighted by Gasteiger charge is -2.17. The molecule has 0 saturated carbocycles. The van der Waals surface area contributed by atoms with Gasteiger partial charge in [0.2, 0.25) is 5.90 Å². The van der Waals surface area contributed by atoms with Crippen LogP contribution in [0, 0.1) is 10.8 Å². The van der Waals surface area contributed by atoms with Gasteiger partial charge in [-0.3, -0.25) is 16.1 Å². The van der Waals surface area contributed by atoms with E-state index in [9.17, 15) is 4.79 Å². The van der Waals surface area contributed by atoms with Crippen molar-refractivity contribution in [2.24, 2.45) is 0 Å². The number of thioether (sulfide) groups is 1. The Labute approximate surface area is 174 Å². The predicted molar refractivity (Wildman–Crippen MR) is 120 cm³/mol. The van der Waals surface area contributed by atoms with Crippen LogP contribution >= 0.6 is 11.8 Å². The van der Waals surface area contributed by atoms with Crippen LogP contribution in [0.25, 0.3) is 4.91 Å². The lowest BCUT2D eigenvalue weighted by atomic mass is 10.1. The lowest BCUT2D eigenvalue weighted by Crippen LogP contribution is -2.31. The maximum absolute atomic E-state index is 12.4. The van der Waals surface area contributed by atoms with Crippen molar-refractivity contribution >= 4 is 45.1 Å². The van der Waals surface area contributed by atoms with Crippen molar-refractivity contribution in [1.82, 2.24) is 10.3 Å². The van der Waals surface area contributed by atoms with Crippen LogP contribution in [0.1, 0.15) is 36.7 Å². The summed E-state index contributed by atoms with van der Waals surface area (Å²) >= 11 is 1.08. The van der Waals surface area contributed by atoms with Gasteiger partial charge in [0, 0.05) is 11.0 Å². The number of anilines is 2. The van der Waals surface area contributed by atoms with Gasteiger partial charge in [-0.15, -0.1) is 0 Å². The molecule has 2 amide bonds. The molecule has 152 valence electrons. The normalized spacial score (nSPS) is 11.3. The number of rotatable bonds is 6. The molecule has 0 aliphatic carbocycles. The van der Waals surface area contributed by atoms with Crippen LogP contribution < -0.4 is 16.4 Å². The van der Waals surface area contributed by atoms with Gasteiger partial charge in [-0.25, -0.2) is 9.78 Å². The summed E-state index contributed by atoms with van der Waals surface area (Å²) in [5, 5.41) is 21.4. The zero-order valence-electron chi connectivity index (χ0n) is 16.5. The second kappa shape index (κ2) is 9.74. The molecule has 0 aliphatic heterocycles. The van der Waals surface area contributed by atoms with Crippen LogP contribution in [0.3, 0.4) is 0 Å². The Morgan fingerprint density at radius 3 is 2.55 bits per heavy atom. The topological polar surface area (TPSA) is 137 Å². The molecule has 0 bridgehead atoms. The number of nitrogens with one attached hydrogen (secondary N) is 4.